The highest BCUT2D eigenvalue weighted by molar-refractivity contribution is 7.87. The number of alkyl halides is 3. The van der Waals surface area contributed by atoms with Gasteiger partial charge in [-0.2, -0.15) is 21.6 Å². The smallest absolute Gasteiger partial charge is 0.465 e. The van der Waals surface area contributed by atoms with Crippen molar-refractivity contribution in [1.29, 1.82) is 0 Å². The van der Waals surface area contributed by atoms with E-state index < -0.39 is 44.8 Å². The average Bonchev–Trinajstić information content (AvgIpc) is 2.91. The van der Waals surface area contributed by atoms with E-state index in [9.17, 15) is 31.2 Å². The number of nitrogens with zero attached hydrogens (tertiary/aromatic N) is 5. The molecule has 12 nitrogen and oxygen atoms in total. The third-order valence-corrected chi connectivity index (χ3v) is 8.25. The van der Waals surface area contributed by atoms with Gasteiger partial charge in [-0.3, -0.25) is 4.79 Å². The molecule has 4 rings (SSSR count). The van der Waals surface area contributed by atoms with Crippen LogP contribution in [0.15, 0.2) is 12.3 Å². The first kappa shape index (κ1) is 31.4. The molecule has 16 heteroatoms. The fourth-order valence-corrected chi connectivity index (χ4v) is 5.63. The van der Waals surface area contributed by atoms with Gasteiger partial charge < -0.3 is 23.5 Å². The number of rotatable bonds is 6. The zero-order valence-corrected chi connectivity index (χ0v) is 24.6. The molecule has 2 aliphatic rings. The summed E-state index contributed by atoms with van der Waals surface area (Å²) >= 11 is 0. The Kier molecular flexibility index (Phi) is 8.69. The molecule has 2 aromatic heterocycles. The number of aromatic nitrogens is 3. The quantitative estimate of drug-likeness (QED) is 0.269. The second kappa shape index (κ2) is 11.6. The van der Waals surface area contributed by atoms with Gasteiger partial charge in [0.25, 0.3) is 11.8 Å². The lowest BCUT2D eigenvalue weighted by Crippen LogP contribution is -2.61. The molecule has 2 saturated heterocycles. The number of methoxy groups -OCH3 is 1. The fourth-order valence-electron chi connectivity index (χ4n) is 5.20. The fraction of sp³-hybridized carbons (Fsp3) is 0.577. The predicted octanol–water partition coefficient (Wildman–Crippen LogP) is 3.14. The number of anilines is 1. The van der Waals surface area contributed by atoms with E-state index in [1.54, 1.807) is 24.8 Å². The standard InChI is InChI=1S/C26H32F3N5O7S/c1-15-12-19(31-16(2)20(15)24(36)39-5)33-8-9-34(25(3,4)14-33)23(35)18-13-30-22(41-42(37,38)26(27,28)29)21(32-18)17-6-10-40-11-7-17/h12-13,17H,6-11,14H2,1-5H3. The van der Waals surface area contributed by atoms with Gasteiger partial charge in [-0.15, -0.1) is 0 Å². The maximum Gasteiger partial charge on any atom is 0.534 e. The van der Waals surface area contributed by atoms with Crippen molar-refractivity contribution in [2.45, 2.75) is 57.5 Å². The van der Waals surface area contributed by atoms with E-state index in [-0.39, 0.29) is 31.1 Å². The Morgan fingerprint density at radius 2 is 1.79 bits per heavy atom. The Morgan fingerprint density at radius 1 is 1.12 bits per heavy atom. The SMILES string of the molecule is COC(=O)c1c(C)cc(N2CCN(C(=O)c3cnc(OS(=O)(=O)C(F)(F)F)c(C4CCOCC4)n3)C(C)(C)C2)nc1C. The third-order valence-electron chi connectivity index (χ3n) is 7.31. The number of amides is 1. The van der Waals surface area contributed by atoms with Crippen molar-refractivity contribution in [2.24, 2.45) is 0 Å². The van der Waals surface area contributed by atoms with Crippen LogP contribution >= 0.6 is 0 Å². The summed E-state index contributed by atoms with van der Waals surface area (Å²) in [5.41, 5.74) is -5.11. The van der Waals surface area contributed by atoms with Crippen LogP contribution in [0.2, 0.25) is 0 Å². The highest BCUT2D eigenvalue weighted by atomic mass is 32.2. The maximum absolute atomic E-state index is 13.7. The molecule has 0 bridgehead atoms. The Balaban J connectivity index is 1.60. The topological polar surface area (TPSA) is 141 Å². The molecule has 1 amide bonds. The Morgan fingerprint density at radius 3 is 2.36 bits per heavy atom. The van der Waals surface area contributed by atoms with Gasteiger partial charge >= 0.3 is 21.6 Å². The number of aryl methyl sites for hydroxylation is 2. The minimum Gasteiger partial charge on any atom is -0.465 e. The molecule has 0 N–H and O–H groups in total. The molecule has 0 aliphatic carbocycles. The number of hydrogen-bond acceptors (Lipinski definition) is 11. The zero-order chi connectivity index (χ0) is 31.0. The van der Waals surface area contributed by atoms with Crippen LogP contribution in [0.1, 0.15) is 70.4 Å². The van der Waals surface area contributed by atoms with Gasteiger partial charge in [-0.25, -0.2) is 19.7 Å². The monoisotopic (exact) mass is 615 g/mol. The number of esters is 1. The first-order valence-electron chi connectivity index (χ1n) is 13.1. The lowest BCUT2D eigenvalue weighted by Gasteiger charge is -2.47. The molecular weight excluding hydrogens is 583 g/mol. The molecule has 42 heavy (non-hydrogen) atoms. The van der Waals surface area contributed by atoms with Gasteiger partial charge in [-0.1, -0.05) is 0 Å². The van der Waals surface area contributed by atoms with Crippen LogP contribution in [-0.4, -0.2) is 91.2 Å². The highest BCUT2D eigenvalue weighted by Gasteiger charge is 2.49. The van der Waals surface area contributed by atoms with E-state index in [1.807, 2.05) is 18.7 Å². The number of ether oxygens (including phenoxy) is 2. The van der Waals surface area contributed by atoms with E-state index in [0.717, 1.165) is 6.20 Å². The largest absolute Gasteiger partial charge is 0.534 e. The molecule has 230 valence electrons. The van der Waals surface area contributed by atoms with Crippen molar-refractivity contribution < 1.29 is 44.8 Å². The number of piperazine rings is 1. The average molecular weight is 616 g/mol. The van der Waals surface area contributed by atoms with Gasteiger partial charge in [0.15, 0.2) is 0 Å². The Labute approximate surface area is 241 Å². The van der Waals surface area contributed by atoms with Crippen molar-refractivity contribution >= 4 is 27.8 Å². The summed E-state index contributed by atoms with van der Waals surface area (Å²) in [7, 11) is -4.70. The number of carbonyl (C=O) groups excluding carboxylic acids is 2. The minimum atomic E-state index is -6.00. The molecular formula is C26H32F3N5O7S. The summed E-state index contributed by atoms with van der Waals surface area (Å²) in [4.78, 5) is 42.1. The molecule has 2 aromatic rings. The van der Waals surface area contributed by atoms with Crippen LogP contribution in [-0.2, 0) is 19.6 Å². The van der Waals surface area contributed by atoms with Crippen LogP contribution in [0.3, 0.4) is 0 Å². The summed E-state index contributed by atoms with van der Waals surface area (Å²) in [5.74, 6) is -1.70. The predicted molar refractivity (Wildman–Crippen MR) is 143 cm³/mol. The second-order valence-corrected chi connectivity index (χ2v) is 12.3. The lowest BCUT2D eigenvalue weighted by atomic mass is 9.96. The molecule has 2 aliphatic heterocycles. The van der Waals surface area contributed by atoms with E-state index in [0.29, 0.717) is 48.6 Å². The first-order chi connectivity index (χ1) is 19.6. The first-order valence-corrected chi connectivity index (χ1v) is 14.6. The zero-order valence-electron chi connectivity index (χ0n) is 23.8. The number of hydrogen-bond donors (Lipinski definition) is 0. The van der Waals surface area contributed by atoms with Crippen molar-refractivity contribution in [3.05, 3.63) is 40.5 Å². The summed E-state index contributed by atoms with van der Waals surface area (Å²) < 4.78 is 77.0. The van der Waals surface area contributed by atoms with Crippen molar-refractivity contribution in [3.63, 3.8) is 0 Å². The van der Waals surface area contributed by atoms with Gasteiger partial charge in [0.05, 0.1) is 30.1 Å². The van der Waals surface area contributed by atoms with Gasteiger partial charge in [-0.05, 0) is 52.2 Å². The Hall–Kier alpha value is -3.53. The second-order valence-electron chi connectivity index (χ2n) is 10.8. The third kappa shape index (κ3) is 6.28. The summed E-state index contributed by atoms with van der Waals surface area (Å²) in [6.45, 7) is 8.76. The van der Waals surface area contributed by atoms with E-state index >= 15 is 0 Å². The van der Waals surface area contributed by atoms with Crippen molar-refractivity contribution in [1.82, 2.24) is 19.9 Å². The number of halogens is 3. The summed E-state index contributed by atoms with van der Waals surface area (Å²) in [6, 6.07) is 1.78. The summed E-state index contributed by atoms with van der Waals surface area (Å²) in [6.07, 6.45) is 1.59. The Bertz CT molecular complexity index is 1450. The molecule has 0 atom stereocenters. The molecule has 2 fully saturated rings. The van der Waals surface area contributed by atoms with Crippen LogP contribution in [0.5, 0.6) is 5.88 Å². The van der Waals surface area contributed by atoms with Crippen LogP contribution in [0.4, 0.5) is 19.0 Å². The normalized spacial score (nSPS) is 18.1. The van der Waals surface area contributed by atoms with Crippen LogP contribution in [0, 0.1) is 13.8 Å². The van der Waals surface area contributed by atoms with Crippen molar-refractivity contribution in [2.75, 3.05) is 44.9 Å². The molecule has 4 heterocycles. The van der Waals surface area contributed by atoms with Crippen molar-refractivity contribution in [3.8, 4) is 5.88 Å². The number of pyridine rings is 1. The molecule has 0 spiro atoms. The summed E-state index contributed by atoms with van der Waals surface area (Å²) in [5, 5.41) is 0. The molecule has 0 radical (unpaired) electrons. The van der Waals surface area contributed by atoms with Gasteiger partial charge in [0.1, 0.15) is 17.2 Å². The lowest BCUT2D eigenvalue weighted by molar-refractivity contribution is -0.0502. The van der Waals surface area contributed by atoms with Crippen LogP contribution < -0.4 is 9.08 Å². The maximum atomic E-state index is 13.7. The number of carbonyl (C=O) groups is 2. The van der Waals surface area contributed by atoms with Crippen LogP contribution in [0.25, 0.3) is 0 Å². The van der Waals surface area contributed by atoms with E-state index in [2.05, 4.69) is 19.1 Å². The van der Waals surface area contributed by atoms with E-state index in [4.69, 9.17) is 9.47 Å². The molecule has 0 aromatic carbocycles. The molecule has 0 unspecified atom stereocenters. The highest BCUT2D eigenvalue weighted by Crippen LogP contribution is 2.35. The van der Waals surface area contributed by atoms with Gasteiger partial charge in [0.2, 0.25) is 0 Å². The molecule has 0 saturated carbocycles. The van der Waals surface area contributed by atoms with E-state index in [1.165, 1.54) is 7.11 Å². The van der Waals surface area contributed by atoms with Gasteiger partial charge in [0, 0.05) is 38.8 Å². The minimum absolute atomic E-state index is 0.144.